The SMILES string of the molecule is CC(Nc1cccc(N2CCN(CC3CC3)CC2)c1)C(=O)Nc1cccc(F)c1. The van der Waals surface area contributed by atoms with Crippen molar-refractivity contribution in [3.05, 3.63) is 54.3 Å². The van der Waals surface area contributed by atoms with Crippen LogP contribution in [0.15, 0.2) is 48.5 Å². The molecule has 29 heavy (non-hydrogen) atoms. The molecular weight excluding hydrogens is 367 g/mol. The maximum atomic E-state index is 13.3. The second kappa shape index (κ2) is 8.82. The zero-order chi connectivity index (χ0) is 20.2. The molecule has 4 rings (SSSR count). The first-order chi connectivity index (χ1) is 14.1. The summed E-state index contributed by atoms with van der Waals surface area (Å²) in [5.41, 5.74) is 2.55. The van der Waals surface area contributed by atoms with Gasteiger partial charge in [-0.1, -0.05) is 12.1 Å². The van der Waals surface area contributed by atoms with Crippen LogP contribution >= 0.6 is 0 Å². The molecule has 1 heterocycles. The van der Waals surface area contributed by atoms with Crippen LogP contribution in [0.5, 0.6) is 0 Å². The predicted octanol–water partition coefficient (Wildman–Crippen LogP) is 3.80. The molecule has 6 heteroatoms. The fraction of sp³-hybridized carbons (Fsp3) is 0.435. The molecule has 1 saturated heterocycles. The quantitative estimate of drug-likeness (QED) is 0.748. The molecule has 1 atom stereocenters. The van der Waals surface area contributed by atoms with Crippen molar-refractivity contribution in [3.63, 3.8) is 0 Å². The smallest absolute Gasteiger partial charge is 0.246 e. The number of amides is 1. The molecule has 0 bridgehead atoms. The molecular formula is C23H29FN4O. The molecule has 5 nitrogen and oxygen atoms in total. The number of hydrogen-bond acceptors (Lipinski definition) is 4. The highest BCUT2D eigenvalue weighted by Gasteiger charge is 2.26. The van der Waals surface area contributed by atoms with Crippen molar-refractivity contribution >= 4 is 23.0 Å². The summed E-state index contributed by atoms with van der Waals surface area (Å²) in [5.74, 6) is 0.372. The molecule has 2 aromatic carbocycles. The Hall–Kier alpha value is -2.60. The summed E-state index contributed by atoms with van der Waals surface area (Å²) < 4.78 is 13.3. The molecule has 1 aliphatic carbocycles. The number of anilines is 3. The maximum Gasteiger partial charge on any atom is 0.246 e. The van der Waals surface area contributed by atoms with E-state index in [0.717, 1.165) is 37.8 Å². The van der Waals surface area contributed by atoms with Crippen molar-refractivity contribution in [2.24, 2.45) is 5.92 Å². The molecule has 2 N–H and O–H groups in total. The Balaban J connectivity index is 1.31. The van der Waals surface area contributed by atoms with Crippen molar-refractivity contribution in [1.82, 2.24) is 4.90 Å². The van der Waals surface area contributed by atoms with Gasteiger partial charge in [0.15, 0.2) is 0 Å². The van der Waals surface area contributed by atoms with Gasteiger partial charge in [-0.2, -0.15) is 0 Å². The number of nitrogens with one attached hydrogen (secondary N) is 2. The van der Waals surface area contributed by atoms with E-state index in [1.54, 1.807) is 19.1 Å². The number of halogens is 1. The highest BCUT2D eigenvalue weighted by Crippen LogP contribution is 2.30. The summed E-state index contributed by atoms with van der Waals surface area (Å²) in [6.07, 6.45) is 2.80. The first kappa shape index (κ1) is 19.7. The van der Waals surface area contributed by atoms with E-state index in [4.69, 9.17) is 0 Å². The number of nitrogens with zero attached hydrogens (tertiary/aromatic N) is 2. The molecule has 154 valence electrons. The van der Waals surface area contributed by atoms with Crippen LogP contribution in [0.2, 0.25) is 0 Å². The number of hydrogen-bond donors (Lipinski definition) is 2. The van der Waals surface area contributed by atoms with E-state index in [9.17, 15) is 9.18 Å². The molecule has 0 aromatic heterocycles. The van der Waals surface area contributed by atoms with Gasteiger partial charge >= 0.3 is 0 Å². The minimum atomic E-state index is -0.441. The van der Waals surface area contributed by atoms with Crippen molar-refractivity contribution < 1.29 is 9.18 Å². The molecule has 1 amide bonds. The molecule has 2 aromatic rings. The van der Waals surface area contributed by atoms with E-state index >= 15 is 0 Å². The lowest BCUT2D eigenvalue weighted by Crippen LogP contribution is -2.47. The largest absolute Gasteiger partial charge is 0.374 e. The van der Waals surface area contributed by atoms with Crippen LogP contribution in [-0.4, -0.2) is 49.6 Å². The third-order valence-electron chi connectivity index (χ3n) is 5.67. The Morgan fingerprint density at radius 2 is 1.79 bits per heavy atom. The summed E-state index contributed by atoms with van der Waals surface area (Å²) in [5, 5.41) is 6.01. The van der Waals surface area contributed by atoms with Crippen LogP contribution in [0.1, 0.15) is 19.8 Å². The minimum absolute atomic E-state index is 0.199. The second-order valence-electron chi connectivity index (χ2n) is 8.15. The first-order valence-electron chi connectivity index (χ1n) is 10.5. The Morgan fingerprint density at radius 1 is 1.07 bits per heavy atom. The standard InChI is InChI=1S/C23H29FN4O/c1-17(23(29)26-20-5-2-4-19(24)14-20)25-21-6-3-7-22(15-21)28-12-10-27(11-13-28)16-18-8-9-18/h2-7,14-15,17-18,25H,8-13,16H2,1H3,(H,26,29). The average Bonchev–Trinajstić information content (AvgIpc) is 3.53. The lowest BCUT2D eigenvalue weighted by atomic mass is 10.2. The molecule has 1 unspecified atom stereocenters. The molecule has 1 aliphatic heterocycles. The third kappa shape index (κ3) is 5.48. The van der Waals surface area contributed by atoms with Gasteiger partial charge in [-0.25, -0.2) is 4.39 Å². The zero-order valence-electron chi connectivity index (χ0n) is 16.9. The average molecular weight is 397 g/mol. The fourth-order valence-electron chi connectivity index (χ4n) is 3.78. The van der Waals surface area contributed by atoms with Crippen LogP contribution in [0.4, 0.5) is 21.5 Å². The van der Waals surface area contributed by atoms with E-state index < -0.39 is 6.04 Å². The normalized spacial score (nSPS) is 18.3. The van der Waals surface area contributed by atoms with Gasteiger partial charge in [-0.05, 0) is 62.1 Å². The van der Waals surface area contributed by atoms with Crippen LogP contribution in [0.25, 0.3) is 0 Å². The number of carbonyl (C=O) groups is 1. The van der Waals surface area contributed by atoms with Gasteiger partial charge in [0.05, 0.1) is 0 Å². The van der Waals surface area contributed by atoms with E-state index in [1.807, 2.05) is 12.1 Å². The summed E-state index contributed by atoms with van der Waals surface area (Å²) in [4.78, 5) is 17.4. The van der Waals surface area contributed by atoms with E-state index in [2.05, 4.69) is 32.6 Å². The van der Waals surface area contributed by atoms with E-state index in [-0.39, 0.29) is 11.7 Å². The zero-order valence-corrected chi connectivity index (χ0v) is 16.9. The van der Waals surface area contributed by atoms with Gasteiger partial charge in [0.1, 0.15) is 11.9 Å². The number of rotatable bonds is 7. The van der Waals surface area contributed by atoms with Crippen molar-refractivity contribution in [2.75, 3.05) is 48.3 Å². The molecule has 0 radical (unpaired) electrons. The number of carbonyl (C=O) groups excluding carboxylic acids is 1. The predicted molar refractivity (Wildman–Crippen MR) is 116 cm³/mol. The van der Waals surface area contributed by atoms with E-state index in [1.165, 1.54) is 37.2 Å². The second-order valence-corrected chi connectivity index (χ2v) is 8.15. The fourth-order valence-corrected chi connectivity index (χ4v) is 3.78. The maximum absolute atomic E-state index is 13.3. The van der Waals surface area contributed by atoms with Crippen LogP contribution < -0.4 is 15.5 Å². The third-order valence-corrected chi connectivity index (χ3v) is 5.67. The van der Waals surface area contributed by atoms with Gasteiger partial charge in [0, 0.05) is 49.8 Å². The summed E-state index contributed by atoms with van der Waals surface area (Å²) in [7, 11) is 0. The van der Waals surface area contributed by atoms with Gasteiger partial charge in [-0.15, -0.1) is 0 Å². The highest BCUT2D eigenvalue weighted by molar-refractivity contribution is 5.96. The highest BCUT2D eigenvalue weighted by atomic mass is 19.1. The number of benzene rings is 2. The van der Waals surface area contributed by atoms with Crippen molar-refractivity contribution in [3.8, 4) is 0 Å². The van der Waals surface area contributed by atoms with Crippen LogP contribution in [0.3, 0.4) is 0 Å². The molecule has 2 aliphatic rings. The lowest BCUT2D eigenvalue weighted by Gasteiger charge is -2.36. The monoisotopic (exact) mass is 396 g/mol. The summed E-state index contributed by atoms with van der Waals surface area (Å²) in [6.45, 7) is 7.35. The van der Waals surface area contributed by atoms with Gasteiger partial charge in [-0.3, -0.25) is 9.69 Å². The minimum Gasteiger partial charge on any atom is -0.374 e. The topological polar surface area (TPSA) is 47.6 Å². The van der Waals surface area contributed by atoms with Crippen molar-refractivity contribution in [2.45, 2.75) is 25.8 Å². The number of piperazine rings is 1. The Bertz CT molecular complexity index is 846. The van der Waals surface area contributed by atoms with Crippen LogP contribution in [-0.2, 0) is 4.79 Å². The Labute approximate surface area is 171 Å². The first-order valence-corrected chi connectivity index (χ1v) is 10.5. The van der Waals surface area contributed by atoms with Crippen LogP contribution in [0, 0.1) is 11.7 Å². The summed E-state index contributed by atoms with van der Waals surface area (Å²) >= 11 is 0. The lowest BCUT2D eigenvalue weighted by molar-refractivity contribution is -0.116. The van der Waals surface area contributed by atoms with Gasteiger partial charge in [0.25, 0.3) is 0 Å². The van der Waals surface area contributed by atoms with Gasteiger partial charge in [0.2, 0.25) is 5.91 Å². The molecule has 0 spiro atoms. The Kier molecular flexibility index (Phi) is 6.00. The van der Waals surface area contributed by atoms with Gasteiger partial charge < -0.3 is 15.5 Å². The molecule has 1 saturated carbocycles. The molecule has 2 fully saturated rings. The van der Waals surface area contributed by atoms with E-state index in [0.29, 0.717) is 5.69 Å². The Morgan fingerprint density at radius 3 is 2.52 bits per heavy atom. The van der Waals surface area contributed by atoms with Crippen molar-refractivity contribution in [1.29, 1.82) is 0 Å². The summed E-state index contributed by atoms with van der Waals surface area (Å²) in [6, 6.07) is 13.7.